The van der Waals surface area contributed by atoms with E-state index in [-0.39, 0.29) is 12.9 Å². The van der Waals surface area contributed by atoms with Gasteiger partial charge in [-0.2, -0.15) is 0 Å². The van der Waals surface area contributed by atoms with Gasteiger partial charge in [-0.25, -0.2) is 0 Å². The van der Waals surface area contributed by atoms with Gasteiger partial charge in [0.1, 0.15) is 12.4 Å². The number of aliphatic hydroxyl groups is 1. The van der Waals surface area contributed by atoms with E-state index >= 15 is 0 Å². The number of hydrogen-bond donors (Lipinski definition) is 1. The van der Waals surface area contributed by atoms with Gasteiger partial charge in [-0.1, -0.05) is 25.7 Å². The Morgan fingerprint density at radius 2 is 2.00 bits per heavy atom. The minimum atomic E-state index is -0.381. The lowest BCUT2D eigenvalue weighted by Gasteiger charge is -2.16. The summed E-state index contributed by atoms with van der Waals surface area (Å²) >= 11 is 0. The average Bonchev–Trinajstić information content (AvgIpc) is 3.06. The van der Waals surface area contributed by atoms with Crippen molar-refractivity contribution in [3.05, 3.63) is 18.2 Å². The summed E-state index contributed by atoms with van der Waals surface area (Å²) in [6.45, 7) is 0.610. The van der Waals surface area contributed by atoms with E-state index in [1.807, 2.05) is 18.2 Å². The molecule has 1 aromatic carbocycles. The number of fused-ring (bicyclic) bond motifs is 1. The maximum Gasteiger partial charge on any atom is 0.231 e. The molecule has 3 rings (SSSR count). The van der Waals surface area contributed by atoms with Crippen LogP contribution in [0.2, 0.25) is 0 Å². The standard InChI is InChI=1S/C15H20O4/c16-12(7-11-3-1-2-4-11)9-17-13-5-6-14-15(8-13)19-10-18-14/h5-6,8,11-12,16H,1-4,7,9-10H2. The molecule has 0 spiro atoms. The zero-order valence-electron chi connectivity index (χ0n) is 11.0. The van der Waals surface area contributed by atoms with E-state index in [2.05, 4.69) is 0 Å². The molecule has 104 valence electrons. The van der Waals surface area contributed by atoms with Crippen LogP contribution in [0, 0.1) is 5.92 Å². The monoisotopic (exact) mass is 264 g/mol. The maximum absolute atomic E-state index is 9.98. The Labute approximate surface area is 113 Å². The summed E-state index contributed by atoms with van der Waals surface area (Å²) in [5.41, 5.74) is 0. The van der Waals surface area contributed by atoms with Crippen molar-refractivity contribution in [1.29, 1.82) is 0 Å². The van der Waals surface area contributed by atoms with Gasteiger partial charge in [0.05, 0.1) is 6.10 Å². The fourth-order valence-corrected chi connectivity index (χ4v) is 2.86. The molecular formula is C15H20O4. The third-order valence-electron chi connectivity index (χ3n) is 3.87. The second-order valence-electron chi connectivity index (χ2n) is 5.37. The minimum Gasteiger partial charge on any atom is -0.491 e. The molecule has 0 saturated heterocycles. The number of aliphatic hydroxyl groups excluding tert-OH is 1. The number of ether oxygens (including phenoxy) is 3. The molecule has 0 amide bonds. The Bertz CT molecular complexity index is 426. The van der Waals surface area contributed by atoms with Crippen LogP contribution in [-0.2, 0) is 0 Å². The van der Waals surface area contributed by atoms with Crippen LogP contribution in [0.5, 0.6) is 17.2 Å². The van der Waals surface area contributed by atoms with Crippen molar-refractivity contribution in [3.8, 4) is 17.2 Å². The fraction of sp³-hybridized carbons (Fsp3) is 0.600. The van der Waals surface area contributed by atoms with Crippen molar-refractivity contribution in [2.75, 3.05) is 13.4 Å². The summed E-state index contributed by atoms with van der Waals surface area (Å²) in [4.78, 5) is 0. The first-order valence-corrected chi connectivity index (χ1v) is 7.02. The fourth-order valence-electron chi connectivity index (χ4n) is 2.86. The maximum atomic E-state index is 9.98. The van der Waals surface area contributed by atoms with Crippen molar-refractivity contribution in [1.82, 2.24) is 0 Å². The van der Waals surface area contributed by atoms with Crippen LogP contribution in [-0.4, -0.2) is 24.6 Å². The smallest absolute Gasteiger partial charge is 0.231 e. The Balaban J connectivity index is 1.48. The largest absolute Gasteiger partial charge is 0.491 e. The van der Waals surface area contributed by atoms with Gasteiger partial charge in [-0.05, 0) is 24.5 Å². The molecule has 1 aliphatic heterocycles. The van der Waals surface area contributed by atoms with Gasteiger partial charge in [-0.3, -0.25) is 0 Å². The lowest BCUT2D eigenvalue weighted by atomic mass is 10.0. The molecule has 0 radical (unpaired) electrons. The highest BCUT2D eigenvalue weighted by Gasteiger charge is 2.19. The first kappa shape index (κ1) is 12.6. The Kier molecular flexibility index (Phi) is 3.78. The third-order valence-corrected chi connectivity index (χ3v) is 3.87. The van der Waals surface area contributed by atoms with Crippen molar-refractivity contribution >= 4 is 0 Å². The van der Waals surface area contributed by atoms with Gasteiger partial charge >= 0.3 is 0 Å². The topological polar surface area (TPSA) is 47.9 Å². The lowest BCUT2D eigenvalue weighted by molar-refractivity contribution is 0.0854. The molecule has 1 aliphatic carbocycles. The van der Waals surface area contributed by atoms with Gasteiger partial charge in [0.15, 0.2) is 11.5 Å². The van der Waals surface area contributed by atoms with E-state index < -0.39 is 0 Å². The number of benzene rings is 1. The molecule has 1 saturated carbocycles. The average molecular weight is 264 g/mol. The van der Waals surface area contributed by atoms with Crippen LogP contribution < -0.4 is 14.2 Å². The van der Waals surface area contributed by atoms with Crippen molar-refractivity contribution in [2.45, 2.75) is 38.2 Å². The van der Waals surface area contributed by atoms with E-state index in [4.69, 9.17) is 14.2 Å². The molecule has 1 atom stereocenters. The molecule has 1 unspecified atom stereocenters. The van der Waals surface area contributed by atoms with Crippen molar-refractivity contribution in [3.63, 3.8) is 0 Å². The molecule has 4 heteroatoms. The molecule has 1 heterocycles. The zero-order chi connectivity index (χ0) is 13.1. The van der Waals surface area contributed by atoms with Gasteiger partial charge in [0.25, 0.3) is 0 Å². The van der Waals surface area contributed by atoms with Gasteiger partial charge in [0, 0.05) is 6.07 Å². The van der Waals surface area contributed by atoms with Gasteiger partial charge < -0.3 is 19.3 Å². The summed E-state index contributed by atoms with van der Waals surface area (Å²) in [5, 5.41) is 9.98. The summed E-state index contributed by atoms with van der Waals surface area (Å²) in [7, 11) is 0. The highest BCUT2D eigenvalue weighted by molar-refractivity contribution is 5.46. The zero-order valence-corrected chi connectivity index (χ0v) is 11.0. The third kappa shape index (κ3) is 3.13. The first-order chi connectivity index (χ1) is 9.31. The Morgan fingerprint density at radius 3 is 2.84 bits per heavy atom. The molecule has 2 aliphatic rings. The second kappa shape index (κ2) is 5.70. The number of rotatable bonds is 5. The van der Waals surface area contributed by atoms with Crippen molar-refractivity contribution < 1.29 is 19.3 Å². The second-order valence-corrected chi connectivity index (χ2v) is 5.37. The van der Waals surface area contributed by atoms with E-state index in [1.165, 1.54) is 25.7 Å². The number of hydrogen-bond acceptors (Lipinski definition) is 4. The molecule has 1 fully saturated rings. The molecule has 1 aromatic rings. The highest BCUT2D eigenvalue weighted by atomic mass is 16.7. The summed E-state index contributed by atoms with van der Waals surface area (Å²) in [5.74, 6) is 2.85. The molecule has 0 bridgehead atoms. The SMILES string of the molecule is OC(COc1ccc2c(c1)OCO2)CC1CCCC1. The van der Waals surface area contributed by atoms with Crippen LogP contribution in [0.1, 0.15) is 32.1 Å². The van der Waals surface area contributed by atoms with Crippen LogP contribution in [0.15, 0.2) is 18.2 Å². The predicted octanol–water partition coefficient (Wildman–Crippen LogP) is 2.74. The molecule has 1 N–H and O–H groups in total. The molecule has 0 aromatic heterocycles. The lowest BCUT2D eigenvalue weighted by Crippen LogP contribution is -2.20. The molecule has 19 heavy (non-hydrogen) atoms. The molecule has 4 nitrogen and oxygen atoms in total. The van der Waals surface area contributed by atoms with Crippen LogP contribution >= 0.6 is 0 Å². The van der Waals surface area contributed by atoms with Crippen molar-refractivity contribution in [2.24, 2.45) is 5.92 Å². The summed E-state index contributed by atoms with van der Waals surface area (Å²) < 4.78 is 16.1. The summed E-state index contributed by atoms with van der Waals surface area (Å²) in [6, 6.07) is 5.49. The Hall–Kier alpha value is -1.42. The van der Waals surface area contributed by atoms with E-state index in [0.29, 0.717) is 18.3 Å². The normalized spacial score (nSPS) is 19.6. The minimum absolute atomic E-state index is 0.267. The predicted molar refractivity (Wildman–Crippen MR) is 70.6 cm³/mol. The van der Waals surface area contributed by atoms with Gasteiger partial charge in [-0.15, -0.1) is 0 Å². The van der Waals surface area contributed by atoms with Crippen LogP contribution in [0.4, 0.5) is 0 Å². The van der Waals surface area contributed by atoms with E-state index in [9.17, 15) is 5.11 Å². The molecular weight excluding hydrogens is 244 g/mol. The first-order valence-electron chi connectivity index (χ1n) is 7.02. The van der Waals surface area contributed by atoms with Crippen LogP contribution in [0.3, 0.4) is 0 Å². The quantitative estimate of drug-likeness (QED) is 0.888. The van der Waals surface area contributed by atoms with E-state index in [0.717, 1.165) is 17.9 Å². The van der Waals surface area contributed by atoms with Gasteiger partial charge in [0.2, 0.25) is 6.79 Å². The van der Waals surface area contributed by atoms with Crippen LogP contribution in [0.25, 0.3) is 0 Å². The van der Waals surface area contributed by atoms with E-state index in [1.54, 1.807) is 0 Å². The highest BCUT2D eigenvalue weighted by Crippen LogP contribution is 2.35. The Morgan fingerprint density at radius 1 is 1.21 bits per heavy atom. The summed E-state index contributed by atoms with van der Waals surface area (Å²) in [6.07, 6.45) is 5.58.